The van der Waals surface area contributed by atoms with Gasteiger partial charge in [-0.2, -0.15) is 5.26 Å². The van der Waals surface area contributed by atoms with Crippen molar-refractivity contribution in [2.24, 2.45) is 9.98 Å². The molecule has 0 spiro atoms. The zero-order chi connectivity index (χ0) is 20.5. The van der Waals surface area contributed by atoms with Gasteiger partial charge in [-0.25, -0.2) is 0 Å². The number of carbonyl (C=O) groups is 2. The van der Waals surface area contributed by atoms with E-state index in [2.05, 4.69) is 28.1 Å². The van der Waals surface area contributed by atoms with Crippen LogP contribution >= 0.6 is 0 Å². The van der Waals surface area contributed by atoms with Crippen molar-refractivity contribution in [2.75, 3.05) is 20.1 Å². The van der Waals surface area contributed by atoms with Crippen molar-refractivity contribution in [2.45, 2.75) is 19.8 Å². The fourth-order valence-corrected chi connectivity index (χ4v) is 2.88. The maximum Gasteiger partial charge on any atom is 0.251 e. The van der Waals surface area contributed by atoms with Gasteiger partial charge in [0.1, 0.15) is 5.84 Å². The van der Waals surface area contributed by atoms with E-state index in [1.807, 2.05) is 0 Å². The van der Waals surface area contributed by atoms with E-state index >= 15 is 0 Å². The molecule has 1 saturated heterocycles. The Morgan fingerprint density at radius 1 is 1.36 bits per heavy atom. The summed E-state index contributed by atoms with van der Waals surface area (Å²) in [5.74, 6) is 0.198. The molecule has 144 valence electrons. The predicted octanol–water partition coefficient (Wildman–Crippen LogP) is 2.31. The highest BCUT2D eigenvalue weighted by atomic mass is 16.2. The van der Waals surface area contributed by atoms with E-state index in [4.69, 9.17) is 5.26 Å². The number of nitrogens with one attached hydrogen (secondary N) is 1. The molecule has 1 heterocycles. The molecule has 7 nitrogen and oxygen atoms in total. The number of carbonyl (C=O) groups excluding carboxylic acids is 2. The minimum absolute atomic E-state index is 0.100. The Morgan fingerprint density at radius 3 is 2.64 bits per heavy atom. The van der Waals surface area contributed by atoms with E-state index in [9.17, 15) is 9.59 Å². The van der Waals surface area contributed by atoms with Crippen LogP contribution in [0.25, 0.3) is 5.70 Å². The molecule has 0 bridgehead atoms. The highest BCUT2D eigenvalue weighted by molar-refractivity contribution is 6.03. The first kappa shape index (κ1) is 20.8. The SMILES string of the molecule is C=N/C(=C\C(=C/C)C(=O)NCC(=O)N1CCCC1=NC)c1ccc(C#N)cc1. The summed E-state index contributed by atoms with van der Waals surface area (Å²) in [5, 5.41) is 11.5. The smallest absolute Gasteiger partial charge is 0.251 e. The average molecular weight is 377 g/mol. The Kier molecular flexibility index (Phi) is 7.40. The first-order chi connectivity index (χ1) is 13.5. The topological polar surface area (TPSA) is 97.9 Å². The molecule has 1 aromatic carbocycles. The number of hydrogen-bond acceptors (Lipinski definition) is 5. The highest BCUT2D eigenvalue weighted by Crippen LogP contribution is 2.18. The summed E-state index contributed by atoms with van der Waals surface area (Å²) >= 11 is 0. The minimum atomic E-state index is -0.375. The number of nitriles is 1. The van der Waals surface area contributed by atoms with Crippen LogP contribution in [-0.2, 0) is 9.59 Å². The van der Waals surface area contributed by atoms with Crippen LogP contribution < -0.4 is 5.32 Å². The van der Waals surface area contributed by atoms with Crippen LogP contribution in [0.5, 0.6) is 0 Å². The summed E-state index contributed by atoms with van der Waals surface area (Å²) in [7, 11) is 1.66. The average Bonchev–Trinajstić information content (AvgIpc) is 3.22. The third-order valence-corrected chi connectivity index (χ3v) is 4.40. The molecule has 1 fully saturated rings. The summed E-state index contributed by atoms with van der Waals surface area (Å²) in [6.07, 6.45) is 4.90. The maximum atomic E-state index is 12.5. The lowest BCUT2D eigenvalue weighted by Crippen LogP contribution is -2.41. The van der Waals surface area contributed by atoms with E-state index in [1.54, 1.807) is 55.3 Å². The Morgan fingerprint density at radius 2 is 2.07 bits per heavy atom. The van der Waals surface area contributed by atoms with Crippen molar-refractivity contribution in [3.05, 3.63) is 53.1 Å². The number of amidine groups is 1. The van der Waals surface area contributed by atoms with E-state index in [0.717, 1.165) is 24.2 Å². The van der Waals surface area contributed by atoms with E-state index in [0.29, 0.717) is 23.4 Å². The molecule has 7 heteroatoms. The minimum Gasteiger partial charge on any atom is -0.343 e. The van der Waals surface area contributed by atoms with Crippen LogP contribution in [0.4, 0.5) is 0 Å². The fourth-order valence-electron chi connectivity index (χ4n) is 2.88. The molecule has 2 rings (SSSR count). The second kappa shape index (κ2) is 9.97. The molecule has 0 unspecified atom stereocenters. The zero-order valence-electron chi connectivity index (χ0n) is 16.1. The van der Waals surface area contributed by atoms with E-state index in [1.165, 1.54) is 0 Å². The molecule has 1 aliphatic rings. The van der Waals surface area contributed by atoms with Gasteiger partial charge in [-0.05, 0) is 38.3 Å². The monoisotopic (exact) mass is 377 g/mol. The van der Waals surface area contributed by atoms with Crippen LogP contribution in [0.1, 0.15) is 30.9 Å². The molecular weight excluding hydrogens is 354 g/mol. The van der Waals surface area contributed by atoms with Gasteiger partial charge in [-0.3, -0.25) is 24.5 Å². The van der Waals surface area contributed by atoms with Crippen molar-refractivity contribution >= 4 is 30.1 Å². The predicted molar refractivity (Wildman–Crippen MR) is 110 cm³/mol. The molecule has 0 saturated carbocycles. The number of likely N-dealkylation sites (tertiary alicyclic amines) is 1. The van der Waals surface area contributed by atoms with Crippen molar-refractivity contribution in [1.29, 1.82) is 5.26 Å². The lowest BCUT2D eigenvalue weighted by molar-refractivity contribution is -0.128. The highest BCUT2D eigenvalue weighted by Gasteiger charge is 2.24. The number of hydrogen-bond donors (Lipinski definition) is 1. The molecule has 1 aromatic rings. The van der Waals surface area contributed by atoms with Gasteiger partial charge in [0, 0.05) is 31.1 Å². The Balaban J connectivity index is 2.07. The van der Waals surface area contributed by atoms with Crippen molar-refractivity contribution in [3.8, 4) is 6.07 Å². The van der Waals surface area contributed by atoms with E-state index < -0.39 is 0 Å². The number of amides is 2. The molecule has 0 aromatic heterocycles. The van der Waals surface area contributed by atoms with Gasteiger partial charge < -0.3 is 5.32 Å². The summed E-state index contributed by atoms with van der Waals surface area (Å²) in [4.78, 5) is 34.5. The fraction of sp³-hybridized carbons (Fsp3) is 0.286. The normalized spacial score (nSPS) is 16.0. The second-order valence-corrected chi connectivity index (χ2v) is 6.09. The van der Waals surface area contributed by atoms with Gasteiger partial charge in [0.2, 0.25) is 5.91 Å². The molecule has 0 aliphatic carbocycles. The largest absolute Gasteiger partial charge is 0.343 e. The molecular formula is C21H23N5O2. The van der Waals surface area contributed by atoms with Crippen LogP contribution in [0.3, 0.4) is 0 Å². The number of aliphatic imine (C=N–C) groups is 2. The zero-order valence-corrected chi connectivity index (χ0v) is 16.1. The first-order valence-corrected chi connectivity index (χ1v) is 8.93. The lowest BCUT2D eigenvalue weighted by Gasteiger charge is -2.17. The number of rotatable bonds is 6. The Bertz CT molecular complexity index is 888. The maximum absolute atomic E-state index is 12.5. The van der Waals surface area contributed by atoms with Gasteiger partial charge in [0.05, 0.1) is 23.9 Å². The first-order valence-electron chi connectivity index (χ1n) is 8.93. The van der Waals surface area contributed by atoms with Crippen molar-refractivity contribution < 1.29 is 9.59 Å². The van der Waals surface area contributed by atoms with Crippen molar-refractivity contribution in [1.82, 2.24) is 10.2 Å². The van der Waals surface area contributed by atoms with Gasteiger partial charge in [-0.15, -0.1) is 0 Å². The van der Waals surface area contributed by atoms with Crippen LogP contribution in [0.15, 0.2) is 52.0 Å². The number of benzene rings is 1. The summed E-state index contributed by atoms with van der Waals surface area (Å²) in [6, 6.07) is 8.88. The molecule has 2 amide bonds. The Labute approximate surface area is 164 Å². The second-order valence-electron chi connectivity index (χ2n) is 6.09. The Hall–Kier alpha value is -3.53. The van der Waals surface area contributed by atoms with Gasteiger partial charge in [0.25, 0.3) is 5.91 Å². The summed E-state index contributed by atoms with van der Waals surface area (Å²) in [5.41, 5.74) is 2.13. The molecule has 0 radical (unpaired) electrons. The van der Waals surface area contributed by atoms with Gasteiger partial charge in [-0.1, -0.05) is 18.2 Å². The third-order valence-electron chi connectivity index (χ3n) is 4.40. The van der Waals surface area contributed by atoms with E-state index in [-0.39, 0.29) is 18.4 Å². The standard InChI is InChI=1S/C21H23N5O2/c1-4-16(12-18(23-2)17-9-7-15(13-22)8-10-17)21(28)25-14-20(27)26-11-5-6-19(26)24-3/h4,7-10,12H,2,5-6,11,14H2,1,3H3,(H,25,28)/b16-4+,18-12-,24-19?. The summed E-state index contributed by atoms with van der Waals surface area (Å²) in [6.45, 7) is 5.81. The third kappa shape index (κ3) is 5.01. The van der Waals surface area contributed by atoms with Crippen LogP contribution in [-0.4, -0.2) is 49.4 Å². The van der Waals surface area contributed by atoms with Crippen LogP contribution in [0, 0.1) is 11.3 Å². The molecule has 0 atom stereocenters. The van der Waals surface area contributed by atoms with Crippen LogP contribution in [0.2, 0.25) is 0 Å². The quantitative estimate of drug-likeness (QED) is 0.468. The van der Waals surface area contributed by atoms with Gasteiger partial charge >= 0.3 is 0 Å². The molecule has 1 N–H and O–H groups in total. The summed E-state index contributed by atoms with van der Waals surface area (Å²) < 4.78 is 0. The van der Waals surface area contributed by atoms with Crippen molar-refractivity contribution in [3.63, 3.8) is 0 Å². The number of allylic oxidation sites excluding steroid dienone is 1. The number of nitrogens with zero attached hydrogens (tertiary/aromatic N) is 4. The molecule has 1 aliphatic heterocycles. The molecule has 28 heavy (non-hydrogen) atoms. The lowest BCUT2D eigenvalue weighted by atomic mass is 10.1. The van der Waals surface area contributed by atoms with Gasteiger partial charge in [0.15, 0.2) is 0 Å².